The van der Waals surface area contributed by atoms with E-state index >= 15 is 0 Å². The summed E-state index contributed by atoms with van der Waals surface area (Å²) in [6.45, 7) is 6.68. The zero-order valence-corrected chi connectivity index (χ0v) is 54.3. The van der Waals surface area contributed by atoms with E-state index in [4.69, 9.17) is 14.2 Å². The van der Waals surface area contributed by atoms with Crippen molar-refractivity contribution in [1.29, 1.82) is 0 Å². The van der Waals surface area contributed by atoms with E-state index in [9.17, 15) is 14.4 Å². The maximum Gasteiger partial charge on any atom is 0.306 e. The lowest BCUT2D eigenvalue weighted by Crippen LogP contribution is -2.30. The van der Waals surface area contributed by atoms with Gasteiger partial charge in [0.1, 0.15) is 13.2 Å². The minimum Gasteiger partial charge on any atom is -0.462 e. The van der Waals surface area contributed by atoms with Crippen molar-refractivity contribution < 1.29 is 28.6 Å². The number of esters is 3. The van der Waals surface area contributed by atoms with Gasteiger partial charge in [0, 0.05) is 19.3 Å². The van der Waals surface area contributed by atoms with E-state index < -0.39 is 6.10 Å². The molecule has 0 bridgehead atoms. The summed E-state index contributed by atoms with van der Waals surface area (Å²) >= 11 is 0. The van der Waals surface area contributed by atoms with Crippen LogP contribution in [0.25, 0.3) is 0 Å². The van der Waals surface area contributed by atoms with E-state index in [1.807, 2.05) is 0 Å². The molecule has 0 fully saturated rings. The van der Waals surface area contributed by atoms with Gasteiger partial charge < -0.3 is 14.2 Å². The first-order valence-electron chi connectivity index (χ1n) is 35.8. The lowest BCUT2D eigenvalue weighted by molar-refractivity contribution is -0.167. The lowest BCUT2D eigenvalue weighted by atomic mass is 10.0. The van der Waals surface area contributed by atoms with Crippen molar-refractivity contribution in [3.63, 3.8) is 0 Å². The lowest BCUT2D eigenvalue weighted by Gasteiger charge is -2.18. The van der Waals surface area contributed by atoms with Gasteiger partial charge in [-0.2, -0.15) is 0 Å². The molecule has 0 radical (unpaired) electrons. The molecule has 6 nitrogen and oxygen atoms in total. The highest BCUT2D eigenvalue weighted by Gasteiger charge is 2.19. The van der Waals surface area contributed by atoms with Crippen molar-refractivity contribution in [2.75, 3.05) is 13.2 Å². The van der Waals surface area contributed by atoms with Crippen molar-refractivity contribution in [1.82, 2.24) is 0 Å². The molecule has 0 aromatic carbocycles. The summed E-state index contributed by atoms with van der Waals surface area (Å²) in [7, 11) is 0. The predicted molar refractivity (Wildman–Crippen MR) is 353 cm³/mol. The number of allylic oxidation sites excluding steroid dienone is 10. The molecular formula is C75H136O6. The van der Waals surface area contributed by atoms with Crippen LogP contribution in [0.15, 0.2) is 60.8 Å². The summed E-state index contributed by atoms with van der Waals surface area (Å²) in [6.07, 6.45) is 89.5. The summed E-state index contributed by atoms with van der Waals surface area (Å²) in [6, 6.07) is 0. The highest BCUT2D eigenvalue weighted by molar-refractivity contribution is 5.71. The Morgan fingerprint density at radius 2 is 0.444 bits per heavy atom. The van der Waals surface area contributed by atoms with Crippen LogP contribution in [0.3, 0.4) is 0 Å². The molecule has 0 spiro atoms. The van der Waals surface area contributed by atoms with Gasteiger partial charge in [-0.25, -0.2) is 0 Å². The average molecular weight is 1130 g/mol. The Kier molecular flexibility index (Phi) is 67.1. The van der Waals surface area contributed by atoms with Crippen LogP contribution in [-0.4, -0.2) is 37.2 Å². The molecule has 1 atom stereocenters. The second kappa shape index (κ2) is 69.6. The molecule has 0 N–H and O–H groups in total. The van der Waals surface area contributed by atoms with Gasteiger partial charge in [-0.1, -0.05) is 313 Å². The third-order valence-corrected chi connectivity index (χ3v) is 16.0. The zero-order chi connectivity index (χ0) is 58.5. The van der Waals surface area contributed by atoms with E-state index in [1.165, 1.54) is 270 Å². The molecule has 0 aliphatic rings. The third-order valence-electron chi connectivity index (χ3n) is 16.0. The molecular weight excluding hydrogens is 997 g/mol. The monoisotopic (exact) mass is 1130 g/mol. The quantitative estimate of drug-likeness (QED) is 0.0261. The number of rotatable bonds is 66. The SMILES string of the molecule is CCCCCCC/C=C\C/C=C\C/C=C\CCCCCCCCCCCCCCC(=O)OCC(COC(=O)CCCCCCCCC/C=C\CCCCCCCCC)OC(=O)CCCCCCCCC/C=C\CCCCCCCCC. The summed E-state index contributed by atoms with van der Waals surface area (Å²) < 4.78 is 17.0. The summed E-state index contributed by atoms with van der Waals surface area (Å²) in [5.41, 5.74) is 0. The van der Waals surface area contributed by atoms with Gasteiger partial charge in [-0.3, -0.25) is 14.4 Å². The Bertz CT molecular complexity index is 1440. The van der Waals surface area contributed by atoms with Gasteiger partial charge >= 0.3 is 17.9 Å². The minimum absolute atomic E-state index is 0.0756. The van der Waals surface area contributed by atoms with E-state index in [2.05, 4.69) is 81.5 Å². The van der Waals surface area contributed by atoms with Crippen LogP contribution in [0.5, 0.6) is 0 Å². The molecule has 0 saturated heterocycles. The normalized spacial score (nSPS) is 12.4. The fourth-order valence-corrected chi connectivity index (χ4v) is 10.6. The van der Waals surface area contributed by atoms with Crippen molar-refractivity contribution in [3.05, 3.63) is 60.8 Å². The average Bonchev–Trinajstić information content (AvgIpc) is 3.47. The van der Waals surface area contributed by atoms with Crippen LogP contribution >= 0.6 is 0 Å². The first-order valence-corrected chi connectivity index (χ1v) is 35.8. The molecule has 1 unspecified atom stereocenters. The van der Waals surface area contributed by atoms with E-state index in [0.717, 1.165) is 70.6 Å². The topological polar surface area (TPSA) is 78.9 Å². The summed E-state index contributed by atoms with van der Waals surface area (Å²) in [5.74, 6) is -0.863. The highest BCUT2D eigenvalue weighted by Crippen LogP contribution is 2.17. The fraction of sp³-hybridized carbons (Fsp3) is 0.827. The van der Waals surface area contributed by atoms with Crippen molar-refractivity contribution in [3.8, 4) is 0 Å². The van der Waals surface area contributed by atoms with Crippen molar-refractivity contribution in [2.24, 2.45) is 0 Å². The van der Waals surface area contributed by atoms with Crippen LogP contribution in [0.1, 0.15) is 380 Å². The Morgan fingerprint density at radius 3 is 0.704 bits per heavy atom. The number of carbonyl (C=O) groups is 3. The molecule has 0 aromatic heterocycles. The second-order valence-electron chi connectivity index (χ2n) is 24.1. The molecule has 472 valence electrons. The first kappa shape index (κ1) is 78.1. The van der Waals surface area contributed by atoms with E-state index in [0.29, 0.717) is 19.3 Å². The van der Waals surface area contributed by atoms with Crippen molar-refractivity contribution >= 4 is 17.9 Å². The summed E-state index contributed by atoms with van der Waals surface area (Å²) in [5, 5.41) is 0. The number of ether oxygens (including phenoxy) is 3. The third kappa shape index (κ3) is 67.8. The second-order valence-corrected chi connectivity index (χ2v) is 24.1. The standard InChI is InChI=1S/C75H136O6/c1-4-7-10-13-16-19-22-25-28-31-34-35-36-37-38-39-40-41-42-45-47-50-53-56-59-62-65-68-74(77)80-71-72(81-75(78)69-66-63-60-57-54-51-48-44-33-30-27-24-21-18-15-12-9-6-3)70-79-73(76)67-64-61-58-55-52-49-46-43-32-29-26-23-20-17-14-11-8-5-2/h22,25,29-34,36-37,72H,4-21,23-24,26-28,35,38-71H2,1-3H3/b25-22-,32-29-,33-30-,34-31-,37-36-. The molecule has 81 heavy (non-hydrogen) atoms. The van der Waals surface area contributed by atoms with Crippen molar-refractivity contribution in [2.45, 2.75) is 386 Å². The van der Waals surface area contributed by atoms with Gasteiger partial charge in [-0.15, -0.1) is 0 Å². The van der Waals surface area contributed by atoms with Crippen LogP contribution in [-0.2, 0) is 28.6 Å². The number of hydrogen-bond donors (Lipinski definition) is 0. The molecule has 0 amide bonds. The summed E-state index contributed by atoms with van der Waals surface area (Å²) in [4.78, 5) is 38.5. The first-order chi connectivity index (χ1) is 40.0. The Hall–Kier alpha value is -2.89. The number of hydrogen-bond acceptors (Lipinski definition) is 6. The minimum atomic E-state index is -0.780. The van der Waals surface area contributed by atoms with E-state index in [1.54, 1.807) is 0 Å². The van der Waals surface area contributed by atoms with Crippen LogP contribution in [0, 0.1) is 0 Å². The van der Waals surface area contributed by atoms with Crippen LogP contribution in [0.4, 0.5) is 0 Å². The van der Waals surface area contributed by atoms with Crippen LogP contribution in [0.2, 0.25) is 0 Å². The molecule has 0 aliphatic heterocycles. The largest absolute Gasteiger partial charge is 0.462 e. The fourth-order valence-electron chi connectivity index (χ4n) is 10.6. The van der Waals surface area contributed by atoms with Gasteiger partial charge in [-0.05, 0) is 109 Å². The molecule has 6 heteroatoms. The predicted octanol–water partition coefficient (Wildman–Crippen LogP) is 24.7. The molecule has 0 rings (SSSR count). The number of carbonyl (C=O) groups excluding carboxylic acids is 3. The zero-order valence-electron chi connectivity index (χ0n) is 54.3. The van der Waals surface area contributed by atoms with Gasteiger partial charge in [0.05, 0.1) is 0 Å². The van der Waals surface area contributed by atoms with Gasteiger partial charge in [0.25, 0.3) is 0 Å². The van der Waals surface area contributed by atoms with Gasteiger partial charge in [0.15, 0.2) is 6.10 Å². The maximum absolute atomic E-state index is 13.0. The molecule has 0 aliphatic carbocycles. The molecule has 0 heterocycles. The Labute approximate surface area is 504 Å². The highest BCUT2D eigenvalue weighted by atomic mass is 16.6. The smallest absolute Gasteiger partial charge is 0.306 e. The van der Waals surface area contributed by atoms with Gasteiger partial charge in [0.2, 0.25) is 0 Å². The Morgan fingerprint density at radius 1 is 0.247 bits per heavy atom. The Balaban J connectivity index is 4.31. The molecule has 0 aromatic rings. The van der Waals surface area contributed by atoms with Crippen LogP contribution < -0.4 is 0 Å². The van der Waals surface area contributed by atoms with E-state index in [-0.39, 0.29) is 31.1 Å². The molecule has 0 saturated carbocycles. The maximum atomic E-state index is 13.0. The number of unbranched alkanes of at least 4 members (excludes halogenated alkanes) is 45.